The molecule has 1 saturated heterocycles. The second-order valence-electron chi connectivity index (χ2n) is 5.15. The molecule has 0 saturated carbocycles. The van der Waals surface area contributed by atoms with Crippen LogP contribution in [0.2, 0.25) is 0 Å². The largest absolute Gasteiger partial charge is 0.409 e. The van der Waals surface area contributed by atoms with Gasteiger partial charge in [0.2, 0.25) is 0 Å². The minimum absolute atomic E-state index is 0.0830. The van der Waals surface area contributed by atoms with Crippen molar-refractivity contribution in [2.75, 3.05) is 13.1 Å². The second-order valence-corrected chi connectivity index (χ2v) is 5.15. The molecule has 1 aromatic heterocycles. The van der Waals surface area contributed by atoms with Crippen LogP contribution in [0, 0.1) is 5.92 Å². The van der Waals surface area contributed by atoms with Crippen molar-refractivity contribution in [1.82, 2.24) is 9.88 Å². The van der Waals surface area contributed by atoms with E-state index >= 15 is 0 Å². The summed E-state index contributed by atoms with van der Waals surface area (Å²) in [6.45, 7) is 5.30. The number of piperidine rings is 1. The molecule has 0 aromatic carbocycles. The number of nitrogens with zero attached hydrogens (tertiary/aromatic N) is 3. The molecule has 5 nitrogen and oxygen atoms in total. The van der Waals surface area contributed by atoms with Crippen LogP contribution >= 0.6 is 0 Å². The summed E-state index contributed by atoms with van der Waals surface area (Å²) in [5, 5.41) is 11.9. The summed E-state index contributed by atoms with van der Waals surface area (Å²) in [5.41, 5.74) is 7.28. The van der Waals surface area contributed by atoms with Crippen LogP contribution < -0.4 is 5.73 Å². The summed E-state index contributed by atoms with van der Waals surface area (Å²) in [7, 11) is 0. The fourth-order valence-corrected chi connectivity index (χ4v) is 2.71. The first-order chi connectivity index (χ1) is 9.24. The molecule has 0 spiro atoms. The van der Waals surface area contributed by atoms with Crippen molar-refractivity contribution in [3.8, 4) is 0 Å². The molecule has 104 valence electrons. The highest BCUT2D eigenvalue weighted by Crippen LogP contribution is 2.21. The third-order valence-corrected chi connectivity index (χ3v) is 3.82. The summed E-state index contributed by atoms with van der Waals surface area (Å²) in [6.07, 6.45) is 5.48. The molecule has 1 atom stereocenters. The Kier molecular flexibility index (Phi) is 4.74. The van der Waals surface area contributed by atoms with Gasteiger partial charge in [-0.3, -0.25) is 9.88 Å². The number of aromatic nitrogens is 1. The lowest BCUT2D eigenvalue weighted by Crippen LogP contribution is -2.35. The summed E-state index contributed by atoms with van der Waals surface area (Å²) in [4.78, 5) is 6.65. The Hall–Kier alpha value is -1.62. The van der Waals surface area contributed by atoms with Crippen molar-refractivity contribution in [3.63, 3.8) is 0 Å². The average molecular weight is 262 g/mol. The molecule has 1 aromatic rings. The maximum atomic E-state index is 8.81. The van der Waals surface area contributed by atoms with Crippen molar-refractivity contribution in [3.05, 3.63) is 29.6 Å². The molecule has 2 rings (SSSR count). The molecule has 3 N–H and O–H groups in total. The first kappa shape index (κ1) is 13.8. The Labute approximate surface area is 114 Å². The first-order valence-electron chi connectivity index (χ1n) is 6.88. The van der Waals surface area contributed by atoms with Gasteiger partial charge in [-0.25, -0.2) is 0 Å². The topological polar surface area (TPSA) is 74.7 Å². The zero-order chi connectivity index (χ0) is 13.7. The molecular weight excluding hydrogens is 240 g/mol. The molecule has 2 heterocycles. The third-order valence-electron chi connectivity index (χ3n) is 3.82. The number of likely N-dealkylation sites (tertiary alicyclic amines) is 1. The maximum absolute atomic E-state index is 8.81. The number of hydrogen-bond acceptors (Lipinski definition) is 4. The monoisotopic (exact) mass is 262 g/mol. The highest BCUT2D eigenvalue weighted by Gasteiger charge is 2.20. The van der Waals surface area contributed by atoms with E-state index in [9.17, 15) is 0 Å². The van der Waals surface area contributed by atoms with Crippen LogP contribution in [-0.4, -0.2) is 34.0 Å². The Morgan fingerprint density at radius 1 is 1.63 bits per heavy atom. The predicted octanol–water partition coefficient (Wildman–Crippen LogP) is 1.80. The van der Waals surface area contributed by atoms with E-state index in [4.69, 9.17) is 10.9 Å². The van der Waals surface area contributed by atoms with E-state index < -0.39 is 0 Å². The zero-order valence-corrected chi connectivity index (χ0v) is 11.4. The van der Waals surface area contributed by atoms with Crippen LogP contribution in [0.4, 0.5) is 0 Å². The van der Waals surface area contributed by atoms with Crippen molar-refractivity contribution in [1.29, 1.82) is 0 Å². The lowest BCUT2D eigenvalue weighted by atomic mass is 9.95. The summed E-state index contributed by atoms with van der Waals surface area (Å²) in [5.74, 6) is 0.873. The maximum Gasteiger partial charge on any atom is 0.189 e. The zero-order valence-electron chi connectivity index (χ0n) is 11.4. The van der Waals surface area contributed by atoms with Gasteiger partial charge in [0.1, 0.15) is 5.69 Å². The van der Waals surface area contributed by atoms with E-state index in [0.29, 0.717) is 5.69 Å². The van der Waals surface area contributed by atoms with Crippen LogP contribution in [0.1, 0.15) is 37.4 Å². The number of nitrogens with two attached hydrogens (primary N) is 1. The van der Waals surface area contributed by atoms with Crippen LogP contribution in [0.25, 0.3) is 0 Å². The molecule has 0 bridgehead atoms. The Balaban J connectivity index is 2.10. The van der Waals surface area contributed by atoms with Crippen LogP contribution in [-0.2, 0) is 6.54 Å². The van der Waals surface area contributed by atoms with E-state index in [0.717, 1.165) is 31.1 Å². The van der Waals surface area contributed by atoms with Gasteiger partial charge >= 0.3 is 0 Å². The molecule has 19 heavy (non-hydrogen) atoms. The van der Waals surface area contributed by atoms with Gasteiger partial charge in [-0.05, 0) is 36.9 Å². The van der Waals surface area contributed by atoms with E-state index in [-0.39, 0.29) is 5.84 Å². The van der Waals surface area contributed by atoms with Crippen LogP contribution in [0.15, 0.2) is 23.5 Å². The van der Waals surface area contributed by atoms with Gasteiger partial charge in [-0.2, -0.15) is 0 Å². The summed E-state index contributed by atoms with van der Waals surface area (Å²) < 4.78 is 0. The van der Waals surface area contributed by atoms with E-state index in [1.54, 1.807) is 6.20 Å². The van der Waals surface area contributed by atoms with Gasteiger partial charge in [0.05, 0.1) is 0 Å². The van der Waals surface area contributed by atoms with Crippen LogP contribution in [0.3, 0.4) is 0 Å². The molecular formula is C14H22N4O. The van der Waals surface area contributed by atoms with Crippen molar-refractivity contribution >= 4 is 5.84 Å². The fraction of sp³-hybridized carbons (Fsp3) is 0.571. The number of oxime groups is 1. The highest BCUT2D eigenvalue weighted by atomic mass is 16.4. The van der Waals surface area contributed by atoms with Gasteiger partial charge in [0.25, 0.3) is 0 Å². The van der Waals surface area contributed by atoms with Crippen molar-refractivity contribution in [2.45, 2.75) is 32.7 Å². The molecule has 1 aliphatic heterocycles. The predicted molar refractivity (Wildman–Crippen MR) is 75.0 cm³/mol. The Morgan fingerprint density at radius 3 is 3.21 bits per heavy atom. The molecule has 1 fully saturated rings. The lowest BCUT2D eigenvalue weighted by molar-refractivity contribution is 0.164. The van der Waals surface area contributed by atoms with E-state index in [1.165, 1.54) is 19.3 Å². The standard InChI is InChI=1S/C14H22N4O/c1-2-11-5-4-8-18(9-11)10-12-6-3-7-16-13(12)14(15)17-19/h3,6-7,11,19H,2,4-5,8-10H2,1H3,(H2,15,17). The Bertz CT molecular complexity index is 447. The fourth-order valence-electron chi connectivity index (χ4n) is 2.71. The lowest BCUT2D eigenvalue weighted by Gasteiger charge is -2.32. The minimum Gasteiger partial charge on any atom is -0.409 e. The number of rotatable bonds is 4. The quantitative estimate of drug-likeness (QED) is 0.375. The molecule has 0 amide bonds. The van der Waals surface area contributed by atoms with Gasteiger partial charge in [0, 0.05) is 19.3 Å². The smallest absolute Gasteiger partial charge is 0.189 e. The van der Waals surface area contributed by atoms with E-state index in [1.807, 2.05) is 12.1 Å². The van der Waals surface area contributed by atoms with Gasteiger partial charge < -0.3 is 10.9 Å². The van der Waals surface area contributed by atoms with E-state index in [2.05, 4.69) is 22.0 Å². The molecule has 5 heteroatoms. The SMILES string of the molecule is CCC1CCCN(Cc2cccnc2C(N)=NO)C1. The number of amidine groups is 1. The number of pyridine rings is 1. The number of hydrogen-bond donors (Lipinski definition) is 2. The van der Waals surface area contributed by atoms with Crippen molar-refractivity contribution < 1.29 is 5.21 Å². The Morgan fingerprint density at radius 2 is 2.47 bits per heavy atom. The normalized spacial score (nSPS) is 21.5. The summed E-state index contributed by atoms with van der Waals surface area (Å²) in [6, 6.07) is 3.89. The molecule has 0 aliphatic carbocycles. The third kappa shape index (κ3) is 3.44. The van der Waals surface area contributed by atoms with Gasteiger partial charge in [-0.15, -0.1) is 0 Å². The van der Waals surface area contributed by atoms with Crippen molar-refractivity contribution in [2.24, 2.45) is 16.8 Å². The highest BCUT2D eigenvalue weighted by molar-refractivity contribution is 5.96. The average Bonchev–Trinajstić information content (AvgIpc) is 2.47. The van der Waals surface area contributed by atoms with Gasteiger partial charge in [0.15, 0.2) is 5.84 Å². The molecule has 1 unspecified atom stereocenters. The van der Waals surface area contributed by atoms with Crippen LogP contribution in [0.5, 0.6) is 0 Å². The minimum atomic E-state index is 0.0830. The summed E-state index contributed by atoms with van der Waals surface area (Å²) >= 11 is 0. The first-order valence-corrected chi connectivity index (χ1v) is 6.88. The second kappa shape index (κ2) is 6.52. The van der Waals surface area contributed by atoms with Gasteiger partial charge in [-0.1, -0.05) is 24.6 Å². The molecule has 0 radical (unpaired) electrons. The molecule has 1 aliphatic rings.